The molecule has 0 bridgehead atoms. The zero-order valence-electron chi connectivity index (χ0n) is 12.7. The number of hydrogen-bond acceptors (Lipinski definition) is 4. The van der Waals surface area contributed by atoms with Crippen molar-refractivity contribution in [2.75, 3.05) is 14.2 Å². The van der Waals surface area contributed by atoms with Gasteiger partial charge in [-0.2, -0.15) is 0 Å². The Hall–Kier alpha value is -1.10. The summed E-state index contributed by atoms with van der Waals surface area (Å²) < 4.78 is 9.45. The molecule has 4 nitrogen and oxygen atoms in total. The van der Waals surface area contributed by atoms with Crippen LogP contribution in [0.25, 0.3) is 0 Å². The number of esters is 2. The number of hydrogen-bond donors (Lipinski definition) is 0. The molecule has 108 valence electrons. The molecular weight excluding hydrogens is 260 g/mol. The van der Waals surface area contributed by atoms with Crippen molar-refractivity contribution in [3.8, 4) is 0 Å². The summed E-state index contributed by atoms with van der Waals surface area (Å²) in [6, 6.07) is 0. The van der Waals surface area contributed by atoms with Crippen molar-refractivity contribution in [2.45, 2.75) is 44.9 Å². The van der Waals surface area contributed by atoms with E-state index in [2.05, 4.69) is 19.6 Å². The third-order valence-corrected chi connectivity index (χ3v) is 6.48. The highest BCUT2D eigenvalue weighted by Gasteiger charge is 2.45. The van der Waals surface area contributed by atoms with E-state index >= 15 is 0 Å². The van der Waals surface area contributed by atoms with E-state index in [1.54, 1.807) is 6.92 Å². The topological polar surface area (TPSA) is 52.6 Å². The van der Waals surface area contributed by atoms with E-state index in [9.17, 15) is 9.59 Å². The van der Waals surface area contributed by atoms with Gasteiger partial charge in [0.05, 0.1) is 22.3 Å². The molecule has 1 saturated carbocycles. The predicted octanol–water partition coefficient (Wildman–Crippen LogP) is 2.77. The predicted molar refractivity (Wildman–Crippen MR) is 76.6 cm³/mol. The van der Waals surface area contributed by atoms with Crippen LogP contribution >= 0.6 is 0 Å². The Morgan fingerprint density at radius 2 is 1.74 bits per heavy atom. The zero-order chi connectivity index (χ0) is 14.8. The second-order valence-corrected chi connectivity index (χ2v) is 11.9. The fourth-order valence-electron chi connectivity index (χ4n) is 2.30. The lowest BCUT2D eigenvalue weighted by Crippen LogP contribution is -2.38. The van der Waals surface area contributed by atoms with Crippen LogP contribution in [-0.2, 0) is 19.1 Å². The molecule has 0 aromatic heterocycles. The van der Waals surface area contributed by atoms with E-state index in [1.165, 1.54) is 19.8 Å². The van der Waals surface area contributed by atoms with Gasteiger partial charge in [0.25, 0.3) is 0 Å². The summed E-state index contributed by atoms with van der Waals surface area (Å²) in [7, 11) is 1.43. The summed E-state index contributed by atoms with van der Waals surface area (Å²) in [5, 5.41) is 0. The van der Waals surface area contributed by atoms with Crippen molar-refractivity contribution in [2.24, 2.45) is 5.41 Å². The first-order valence-corrected chi connectivity index (χ1v) is 10.1. The van der Waals surface area contributed by atoms with Crippen molar-refractivity contribution in [3.63, 3.8) is 0 Å². The van der Waals surface area contributed by atoms with E-state index in [-0.39, 0.29) is 0 Å². The maximum absolute atomic E-state index is 11.8. The largest absolute Gasteiger partial charge is 0.468 e. The van der Waals surface area contributed by atoms with E-state index in [0.29, 0.717) is 12.0 Å². The highest BCUT2D eigenvalue weighted by Crippen LogP contribution is 2.51. The van der Waals surface area contributed by atoms with E-state index < -0.39 is 25.4 Å². The minimum Gasteiger partial charge on any atom is -0.468 e. The van der Waals surface area contributed by atoms with Crippen molar-refractivity contribution < 1.29 is 19.1 Å². The molecule has 0 radical (unpaired) electrons. The molecule has 0 amide bonds. The van der Waals surface area contributed by atoms with E-state index in [4.69, 9.17) is 9.47 Å². The molecule has 1 atom stereocenters. The average Bonchev–Trinajstić information content (AvgIpc) is 3.13. The quantitative estimate of drug-likeness (QED) is 0.337. The second-order valence-electron chi connectivity index (χ2n) is 6.42. The van der Waals surface area contributed by atoms with Gasteiger partial charge in [0.2, 0.25) is 0 Å². The van der Waals surface area contributed by atoms with Gasteiger partial charge in [-0.3, -0.25) is 9.59 Å². The molecule has 0 spiro atoms. The smallest absolute Gasteiger partial charge is 0.323 e. The molecule has 1 unspecified atom stereocenters. The third kappa shape index (κ3) is 3.46. The van der Waals surface area contributed by atoms with E-state index in [1.807, 2.05) is 6.08 Å². The van der Waals surface area contributed by atoms with Gasteiger partial charge in [-0.15, -0.1) is 0 Å². The minimum absolute atomic E-state index is 0.350. The van der Waals surface area contributed by atoms with Crippen LogP contribution in [0, 0.1) is 5.41 Å². The zero-order valence-corrected chi connectivity index (χ0v) is 13.7. The van der Waals surface area contributed by atoms with Gasteiger partial charge in [0.1, 0.15) is 0 Å². The van der Waals surface area contributed by atoms with Gasteiger partial charge < -0.3 is 9.47 Å². The Labute approximate surface area is 116 Å². The molecule has 19 heavy (non-hydrogen) atoms. The summed E-state index contributed by atoms with van der Waals surface area (Å²) in [4.78, 5) is 23.6. The lowest BCUT2D eigenvalue weighted by atomic mass is 9.86. The highest BCUT2D eigenvalue weighted by molar-refractivity contribution is 6.79. The molecule has 0 heterocycles. The SMILES string of the molecule is COC(=O)C(C)(C/C=C1\CC1[Si](C)(C)C)C(=O)OC. The Balaban J connectivity index is 2.80. The lowest BCUT2D eigenvalue weighted by molar-refractivity contribution is -0.167. The summed E-state index contributed by atoms with van der Waals surface area (Å²) in [6.07, 6.45) is 3.48. The standard InChI is InChI=1S/C14H24O4Si/c1-14(12(15)17-2,13(16)18-3)8-7-10-9-11(10)19(4,5)6/h7,11H,8-9H2,1-6H3/b10-7+. The number of carbonyl (C=O) groups excluding carboxylic acids is 2. The fourth-order valence-corrected chi connectivity index (χ4v) is 4.38. The van der Waals surface area contributed by atoms with Gasteiger partial charge >= 0.3 is 11.9 Å². The first-order chi connectivity index (χ1) is 8.66. The molecule has 1 rings (SSSR count). The number of carbonyl (C=O) groups is 2. The monoisotopic (exact) mass is 284 g/mol. The Kier molecular flexibility index (Phi) is 4.61. The fraction of sp³-hybridized carbons (Fsp3) is 0.714. The molecule has 1 fully saturated rings. The Morgan fingerprint density at radius 3 is 2.05 bits per heavy atom. The normalized spacial score (nSPS) is 21.2. The minimum atomic E-state index is -1.23. The molecule has 0 aliphatic heterocycles. The van der Waals surface area contributed by atoms with Crippen molar-refractivity contribution in [3.05, 3.63) is 11.6 Å². The maximum Gasteiger partial charge on any atom is 0.323 e. The Morgan fingerprint density at radius 1 is 1.26 bits per heavy atom. The lowest BCUT2D eigenvalue weighted by Gasteiger charge is -2.22. The maximum atomic E-state index is 11.8. The first-order valence-electron chi connectivity index (χ1n) is 6.52. The van der Waals surface area contributed by atoms with Gasteiger partial charge in [-0.1, -0.05) is 31.3 Å². The summed E-state index contributed by atoms with van der Waals surface area (Å²) >= 11 is 0. The van der Waals surface area contributed by atoms with Crippen LogP contribution in [0.3, 0.4) is 0 Å². The number of ether oxygens (including phenoxy) is 2. The molecular formula is C14H24O4Si. The second kappa shape index (κ2) is 5.49. The van der Waals surface area contributed by atoms with Gasteiger partial charge in [-0.05, 0) is 25.3 Å². The van der Waals surface area contributed by atoms with Crippen molar-refractivity contribution in [1.29, 1.82) is 0 Å². The van der Waals surface area contributed by atoms with Gasteiger partial charge in [-0.25, -0.2) is 0 Å². The third-order valence-electron chi connectivity index (χ3n) is 3.82. The molecule has 1 aliphatic carbocycles. The molecule has 0 saturated heterocycles. The number of rotatable bonds is 5. The average molecular weight is 284 g/mol. The van der Waals surface area contributed by atoms with Crippen molar-refractivity contribution in [1.82, 2.24) is 0 Å². The van der Waals surface area contributed by atoms with Crippen LogP contribution in [0.2, 0.25) is 25.2 Å². The number of methoxy groups -OCH3 is 2. The van der Waals surface area contributed by atoms with Crippen LogP contribution in [0.15, 0.2) is 11.6 Å². The molecule has 0 aromatic carbocycles. The molecule has 1 aliphatic rings. The highest BCUT2D eigenvalue weighted by atomic mass is 28.3. The summed E-state index contributed by atoms with van der Waals surface area (Å²) in [5.74, 6) is -1.08. The van der Waals surface area contributed by atoms with Crippen LogP contribution in [0.5, 0.6) is 0 Å². The van der Waals surface area contributed by atoms with Crippen LogP contribution in [-0.4, -0.2) is 34.2 Å². The summed E-state index contributed by atoms with van der Waals surface area (Å²) in [6.45, 7) is 8.57. The molecule has 0 N–H and O–H groups in total. The Bertz CT molecular complexity index is 390. The van der Waals surface area contributed by atoms with Gasteiger partial charge in [0.15, 0.2) is 5.41 Å². The van der Waals surface area contributed by atoms with Crippen molar-refractivity contribution >= 4 is 20.0 Å². The molecule has 0 aromatic rings. The van der Waals surface area contributed by atoms with Crippen LogP contribution in [0.1, 0.15) is 19.8 Å². The number of allylic oxidation sites excluding steroid dienone is 2. The first kappa shape index (κ1) is 16.0. The van der Waals surface area contributed by atoms with Crippen LogP contribution < -0.4 is 0 Å². The summed E-state index contributed by atoms with van der Waals surface area (Å²) in [5.41, 5.74) is 0.827. The van der Waals surface area contributed by atoms with E-state index in [0.717, 1.165) is 6.42 Å². The van der Waals surface area contributed by atoms with Gasteiger partial charge in [0, 0.05) is 0 Å². The molecule has 5 heteroatoms. The van der Waals surface area contributed by atoms with Crippen LogP contribution in [0.4, 0.5) is 0 Å².